The first-order chi connectivity index (χ1) is 7.31. The van der Waals surface area contributed by atoms with Crippen LogP contribution in [0.1, 0.15) is 12.8 Å². The van der Waals surface area contributed by atoms with Crippen LogP contribution in [-0.4, -0.2) is 12.6 Å². The number of nitrogens with zero attached hydrogens (tertiary/aromatic N) is 1. The largest absolute Gasteiger partial charge is 0.489 e. The van der Waals surface area contributed by atoms with Crippen molar-refractivity contribution in [2.75, 3.05) is 11.9 Å². The molecule has 1 aliphatic heterocycles. The monoisotopic (exact) mass is 206 g/mol. The Morgan fingerprint density at radius 3 is 3.27 bits per heavy atom. The lowest BCUT2D eigenvalue weighted by Crippen LogP contribution is -2.31. The van der Waals surface area contributed by atoms with E-state index < -0.39 is 0 Å². The predicted molar refractivity (Wildman–Crippen MR) is 54.2 cm³/mol. The first-order valence-corrected chi connectivity index (χ1v) is 4.86. The number of hydrogen-bond donors (Lipinski definition) is 1. The molecule has 3 nitrogen and oxygen atoms in total. The number of nitrogens with one attached hydrogen (secondary N) is 1. The van der Waals surface area contributed by atoms with E-state index in [0.717, 1.165) is 0 Å². The molecule has 1 atom stereocenters. The Morgan fingerprint density at radius 1 is 1.60 bits per heavy atom. The Kier molecular flexibility index (Phi) is 2.72. The summed E-state index contributed by atoms with van der Waals surface area (Å²) in [5.41, 5.74) is 0.409. The number of rotatable bonds is 2. The molecule has 0 radical (unpaired) electrons. The molecule has 2 rings (SSSR count). The lowest BCUT2D eigenvalue weighted by Gasteiger charge is -2.27. The summed E-state index contributed by atoms with van der Waals surface area (Å²) in [5.74, 6) is 0.234. The molecule has 1 heterocycles. The molecule has 1 aliphatic rings. The molecular formula is C11H11FN2O. The molecule has 1 unspecified atom stereocenters. The van der Waals surface area contributed by atoms with Gasteiger partial charge in [-0.3, -0.25) is 0 Å². The van der Waals surface area contributed by atoms with E-state index in [1.54, 1.807) is 12.1 Å². The summed E-state index contributed by atoms with van der Waals surface area (Å²) in [6, 6.07) is 6.82. The van der Waals surface area contributed by atoms with Gasteiger partial charge in [-0.05, 0) is 18.6 Å². The third-order valence-electron chi connectivity index (χ3n) is 2.37. The zero-order chi connectivity index (χ0) is 10.7. The topological polar surface area (TPSA) is 45.0 Å². The number of para-hydroxylation sites is 1. The van der Waals surface area contributed by atoms with E-state index in [2.05, 4.69) is 11.4 Å². The molecule has 0 saturated heterocycles. The van der Waals surface area contributed by atoms with Crippen molar-refractivity contribution in [3.05, 3.63) is 24.0 Å². The number of benzene rings is 1. The number of nitriles is 1. The lowest BCUT2D eigenvalue weighted by atomic mass is 10.1. The molecule has 0 aromatic heterocycles. The fourth-order valence-corrected chi connectivity index (χ4v) is 1.60. The van der Waals surface area contributed by atoms with Gasteiger partial charge in [0.15, 0.2) is 0 Å². The molecule has 4 heteroatoms. The van der Waals surface area contributed by atoms with E-state index in [1.165, 1.54) is 6.07 Å². The summed E-state index contributed by atoms with van der Waals surface area (Å²) in [6.07, 6.45) is 1.12. The van der Waals surface area contributed by atoms with Gasteiger partial charge in [0.05, 0.1) is 12.1 Å². The van der Waals surface area contributed by atoms with Gasteiger partial charge in [0.1, 0.15) is 23.9 Å². The first-order valence-electron chi connectivity index (χ1n) is 4.86. The molecule has 1 aromatic rings. The second-order valence-corrected chi connectivity index (χ2v) is 3.46. The maximum absolute atomic E-state index is 13.4. The third kappa shape index (κ3) is 2.01. The van der Waals surface area contributed by atoms with Crippen molar-refractivity contribution < 1.29 is 9.13 Å². The Hall–Kier alpha value is -1.76. The van der Waals surface area contributed by atoms with Gasteiger partial charge in [0.25, 0.3) is 0 Å². The Balaban J connectivity index is 2.12. The molecule has 0 amide bonds. The smallest absolute Gasteiger partial charge is 0.150 e. The van der Waals surface area contributed by atoms with Crippen molar-refractivity contribution in [2.45, 2.75) is 18.9 Å². The Morgan fingerprint density at radius 2 is 2.47 bits per heavy atom. The SMILES string of the molecule is N#CCCC1COc2cccc(F)c2N1. The van der Waals surface area contributed by atoms with Gasteiger partial charge in [-0.1, -0.05) is 6.07 Å². The normalized spacial score (nSPS) is 18.3. The van der Waals surface area contributed by atoms with Crippen LogP contribution in [0, 0.1) is 17.1 Å². The lowest BCUT2D eigenvalue weighted by molar-refractivity contribution is 0.277. The van der Waals surface area contributed by atoms with E-state index >= 15 is 0 Å². The minimum Gasteiger partial charge on any atom is -0.489 e. The molecule has 15 heavy (non-hydrogen) atoms. The van der Waals surface area contributed by atoms with Crippen LogP contribution in [0.25, 0.3) is 0 Å². The van der Waals surface area contributed by atoms with Gasteiger partial charge in [0.2, 0.25) is 0 Å². The van der Waals surface area contributed by atoms with E-state index in [0.29, 0.717) is 30.9 Å². The van der Waals surface area contributed by atoms with Crippen LogP contribution in [0.4, 0.5) is 10.1 Å². The summed E-state index contributed by atoms with van der Waals surface area (Å²) in [6.45, 7) is 0.484. The quantitative estimate of drug-likeness (QED) is 0.807. The van der Waals surface area contributed by atoms with Crippen LogP contribution in [0.3, 0.4) is 0 Å². The van der Waals surface area contributed by atoms with Crippen molar-refractivity contribution in [3.8, 4) is 11.8 Å². The highest BCUT2D eigenvalue weighted by molar-refractivity contribution is 5.59. The van der Waals surface area contributed by atoms with Gasteiger partial charge >= 0.3 is 0 Å². The van der Waals surface area contributed by atoms with E-state index in [4.69, 9.17) is 10.00 Å². The molecule has 0 saturated carbocycles. The van der Waals surface area contributed by atoms with Gasteiger partial charge < -0.3 is 10.1 Å². The van der Waals surface area contributed by atoms with Crippen molar-refractivity contribution in [1.82, 2.24) is 0 Å². The molecule has 1 aromatic carbocycles. The van der Waals surface area contributed by atoms with Crippen molar-refractivity contribution in [3.63, 3.8) is 0 Å². The maximum Gasteiger partial charge on any atom is 0.150 e. The standard InChI is InChI=1S/C11H11FN2O/c12-9-4-1-5-10-11(9)14-8(7-15-10)3-2-6-13/h1,4-5,8,14H,2-3,7H2. The molecule has 0 aliphatic carbocycles. The van der Waals surface area contributed by atoms with Crippen LogP contribution < -0.4 is 10.1 Å². The fourth-order valence-electron chi connectivity index (χ4n) is 1.60. The number of ether oxygens (including phenoxy) is 1. The van der Waals surface area contributed by atoms with Gasteiger partial charge in [0, 0.05) is 6.42 Å². The molecule has 0 bridgehead atoms. The summed E-state index contributed by atoms with van der Waals surface area (Å²) in [7, 11) is 0. The summed E-state index contributed by atoms with van der Waals surface area (Å²) in [4.78, 5) is 0. The molecule has 1 N–H and O–H groups in total. The van der Waals surface area contributed by atoms with Crippen LogP contribution in [0.15, 0.2) is 18.2 Å². The molecular weight excluding hydrogens is 195 g/mol. The number of anilines is 1. The minimum atomic E-state index is -0.311. The number of fused-ring (bicyclic) bond motifs is 1. The van der Waals surface area contributed by atoms with Crippen LogP contribution in [0.2, 0.25) is 0 Å². The van der Waals surface area contributed by atoms with Gasteiger partial charge in [-0.25, -0.2) is 4.39 Å². The van der Waals surface area contributed by atoms with Gasteiger partial charge in [-0.2, -0.15) is 5.26 Å². The second kappa shape index (κ2) is 4.18. The van der Waals surface area contributed by atoms with Crippen LogP contribution in [0.5, 0.6) is 5.75 Å². The number of halogens is 1. The number of hydrogen-bond acceptors (Lipinski definition) is 3. The third-order valence-corrected chi connectivity index (χ3v) is 2.37. The zero-order valence-electron chi connectivity index (χ0n) is 8.16. The zero-order valence-corrected chi connectivity index (χ0v) is 8.16. The molecule has 0 spiro atoms. The first kappa shape index (κ1) is 9.78. The van der Waals surface area contributed by atoms with E-state index in [1.807, 2.05) is 0 Å². The highest BCUT2D eigenvalue weighted by Crippen LogP contribution is 2.31. The van der Waals surface area contributed by atoms with Crippen LogP contribution in [-0.2, 0) is 0 Å². The Labute approximate surface area is 87.5 Å². The average Bonchev–Trinajstić information content (AvgIpc) is 2.27. The van der Waals surface area contributed by atoms with E-state index in [9.17, 15) is 4.39 Å². The highest BCUT2D eigenvalue weighted by atomic mass is 19.1. The molecule has 0 fully saturated rings. The van der Waals surface area contributed by atoms with Gasteiger partial charge in [-0.15, -0.1) is 0 Å². The van der Waals surface area contributed by atoms with Crippen LogP contribution >= 0.6 is 0 Å². The summed E-state index contributed by atoms with van der Waals surface area (Å²) in [5, 5.41) is 11.5. The van der Waals surface area contributed by atoms with Crippen molar-refractivity contribution in [2.24, 2.45) is 0 Å². The van der Waals surface area contributed by atoms with Crippen molar-refractivity contribution >= 4 is 5.69 Å². The van der Waals surface area contributed by atoms with Crippen molar-refractivity contribution in [1.29, 1.82) is 5.26 Å². The Bertz CT molecular complexity index is 400. The fraction of sp³-hybridized carbons (Fsp3) is 0.364. The highest BCUT2D eigenvalue weighted by Gasteiger charge is 2.20. The average molecular weight is 206 g/mol. The second-order valence-electron chi connectivity index (χ2n) is 3.46. The maximum atomic E-state index is 13.4. The minimum absolute atomic E-state index is 0.0223. The summed E-state index contributed by atoms with van der Waals surface area (Å²) >= 11 is 0. The molecule has 78 valence electrons. The predicted octanol–water partition coefficient (Wildman–Crippen LogP) is 2.30. The summed E-state index contributed by atoms with van der Waals surface area (Å²) < 4.78 is 18.8. The van der Waals surface area contributed by atoms with E-state index in [-0.39, 0.29) is 11.9 Å².